The number of nitrogens with one attached hydrogen (secondary N) is 2. The lowest BCUT2D eigenvalue weighted by atomic mass is 10.0. The van der Waals surface area contributed by atoms with Crippen LogP contribution >= 0.6 is 12.2 Å². The van der Waals surface area contributed by atoms with E-state index in [1.165, 1.54) is 23.8 Å². The van der Waals surface area contributed by atoms with Gasteiger partial charge in [0.05, 0.1) is 12.8 Å². The first-order chi connectivity index (χ1) is 17.1. The van der Waals surface area contributed by atoms with Crippen molar-refractivity contribution in [1.29, 1.82) is 0 Å². The molecule has 0 amide bonds. The summed E-state index contributed by atoms with van der Waals surface area (Å²) in [5.74, 6) is 0.0887. The monoisotopic (exact) mass is 512 g/mol. The van der Waals surface area contributed by atoms with E-state index in [4.69, 9.17) is 12.2 Å². The summed E-state index contributed by atoms with van der Waals surface area (Å²) in [7, 11) is 0. The Balaban J connectivity index is 1.54. The van der Waals surface area contributed by atoms with Crippen LogP contribution < -0.4 is 15.5 Å². The number of ether oxygens (including phenoxy) is 1. The number of thiocarbonyl (C=S) groups is 1. The summed E-state index contributed by atoms with van der Waals surface area (Å²) in [4.78, 5) is 4.48. The number of rotatable bonds is 8. The van der Waals surface area contributed by atoms with Crippen LogP contribution in [0.15, 0.2) is 82.9 Å². The summed E-state index contributed by atoms with van der Waals surface area (Å²) in [5, 5.41) is 7.76. The van der Waals surface area contributed by atoms with Gasteiger partial charge in [-0.1, -0.05) is 68.4 Å². The van der Waals surface area contributed by atoms with Crippen LogP contribution in [-0.4, -0.2) is 23.4 Å². The molecule has 0 bridgehead atoms. The van der Waals surface area contributed by atoms with Gasteiger partial charge in [-0.3, -0.25) is 10.4 Å². The lowest BCUT2D eigenvalue weighted by Crippen LogP contribution is -2.24. The molecule has 3 aromatic carbocycles. The molecule has 0 saturated heterocycles. The van der Waals surface area contributed by atoms with E-state index < -0.39 is 6.36 Å². The first-order valence-corrected chi connectivity index (χ1v) is 11.7. The molecule has 3 rings (SSSR count). The minimum atomic E-state index is -4.73. The van der Waals surface area contributed by atoms with E-state index >= 15 is 0 Å². The van der Waals surface area contributed by atoms with Crippen LogP contribution in [0.25, 0.3) is 0 Å². The van der Waals surface area contributed by atoms with Crippen LogP contribution in [-0.2, 0) is 6.54 Å². The lowest BCUT2D eigenvalue weighted by molar-refractivity contribution is -0.274. The van der Waals surface area contributed by atoms with Crippen molar-refractivity contribution in [1.82, 2.24) is 5.43 Å². The van der Waals surface area contributed by atoms with Crippen molar-refractivity contribution in [3.05, 3.63) is 95.1 Å². The first kappa shape index (κ1) is 26.9. The number of anilines is 1. The van der Waals surface area contributed by atoms with E-state index in [1.807, 2.05) is 42.5 Å². The Bertz CT molecular complexity index is 1240. The third-order valence-corrected chi connectivity index (χ3v) is 5.37. The van der Waals surface area contributed by atoms with Gasteiger partial charge in [0.15, 0.2) is 5.11 Å². The van der Waals surface area contributed by atoms with Crippen LogP contribution in [0.1, 0.15) is 48.9 Å². The number of hydrazone groups is 1. The van der Waals surface area contributed by atoms with E-state index in [1.54, 1.807) is 19.2 Å². The summed E-state index contributed by atoms with van der Waals surface area (Å²) < 4.78 is 41.3. The summed E-state index contributed by atoms with van der Waals surface area (Å²) in [6.45, 7) is 6.37. The van der Waals surface area contributed by atoms with Crippen molar-refractivity contribution in [2.45, 2.75) is 39.6 Å². The maximum absolute atomic E-state index is 12.4. The van der Waals surface area contributed by atoms with Crippen molar-refractivity contribution < 1.29 is 17.9 Å². The average Bonchev–Trinajstić information content (AvgIpc) is 2.82. The van der Waals surface area contributed by atoms with Crippen molar-refractivity contribution in [3.63, 3.8) is 0 Å². The molecule has 0 aliphatic rings. The molecule has 0 spiro atoms. The number of para-hydroxylation sites is 1. The van der Waals surface area contributed by atoms with E-state index in [9.17, 15) is 13.2 Å². The maximum Gasteiger partial charge on any atom is 0.573 e. The predicted molar refractivity (Wildman–Crippen MR) is 143 cm³/mol. The molecule has 0 fully saturated rings. The third-order valence-electron chi connectivity index (χ3n) is 5.17. The highest BCUT2D eigenvalue weighted by atomic mass is 32.1. The van der Waals surface area contributed by atoms with Gasteiger partial charge < -0.3 is 10.1 Å². The predicted octanol–water partition coefficient (Wildman–Crippen LogP) is 7.04. The fourth-order valence-electron chi connectivity index (χ4n) is 3.36. The van der Waals surface area contributed by atoms with Gasteiger partial charge in [-0.05, 0) is 65.5 Å². The lowest BCUT2D eigenvalue weighted by Gasteiger charge is -2.14. The van der Waals surface area contributed by atoms with E-state index in [-0.39, 0.29) is 5.75 Å². The highest BCUT2D eigenvalue weighted by molar-refractivity contribution is 7.80. The van der Waals surface area contributed by atoms with Gasteiger partial charge in [0.25, 0.3) is 0 Å². The second-order valence-corrected chi connectivity index (χ2v) is 8.69. The smallest absolute Gasteiger partial charge is 0.406 e. The molecule has 0 radical (unpaired) electrons. The Morgan fingerprint density at radius 2 is 1.75 bits per heavy atom. The normalized spacial score (nSPS) is 12.1. The highest BCUT2D eigenvalue weighted by Crippen LogP contribution is 2.24. The molecular weight excluding hydrogens is 485 g/mol. The summed E-state index contributed by atoms with van der Waals surface area (Å²) in [6.07, 6.45) is -3.07. The summed E-state index contributed by atoms with van der Waals surface area (Å²) in [6, 6.07) is 21.4. The Morgan fingerprint density at radius 1 is 1.03 bits per heavy atom. The molecule has 0 saturated carbocycles. The molecule has 3 aromatic rings. The van der Waals surface area contributed by atoms with Crippen LogP contribution in [0.4, 0.5) is 18.9 Å². The second kappa shape index (κ2) is 12.3. The van der Waals surface area contributed by atoms with Crippen molar-refractivity contribution in [2.75, 3.05) is 5.32 Å². The number of halogens is 3. The zero-order chi connectivity index (χ0) is 26.1. The van der Waals surface area contributed by atoms with Crippen LogP contribution in [0.5, 0.6) is 5.75 Å². The van der Waals surface area contributed by atoms with Gasteiger partial charge in [-0.25, -0.2) is 0 Å². The Kier molecular flexibility index (Phi) is 9.19. The first-order valence-electron chi connectivity index (χ1n) is 11.3. The minimum absolute atomic E-state index is 0.273. The zero-order valence-electron chi connectivity index (χ0n) is 20.1. The van der Waals surface area contributed by atoms with Gasteiger partial charge in [0.2, 0.25) is 0 Å². The SMILES string of the molecule is CC(=NCc1ccc(/C=N/NC(=S)Nc2ccccc2C(C)C)cc1)c1cccc(OC(F)(F)F)c1. The Hall–Kier alpha value is -3.72. The van der Waals surface area contributed by atoms with Gasteiger partial charge in [-0.2, -0.15) is 5.10 Å². The fourth-order valence-corrected chi connectivity index (χ4v) is 3.52. The molecule has 5 nitrogen and oxygen atoms in total. The summed E-state index contributed by atoms with van der Waals surface area (Å²) >= 11 is 5.34. The second-order valence-electron chi connectivity index (χ2n) is 8.28. The number of hydrogen-bond acceptors (Lipinski definition) is 4. The molecule has 0 atom stereocenters. The average molecular weight is 513 g/mol. The van der Waals surface area contributed by atoms with Crippen LogP contribution in [0.3, 0.4) is 0 Å². The summed E-state index contributed by atoms with van der Waals surface area (Å²) in [5.41, 5.74) is 7.93. The molecular formula is C27H27F3N4OS. The molecule has 0 heterocycles. The van der Waals surface area contributed by atoms with Crippen molar-refractivity contribution in [3.8, 4) is 5.75 Å². The molecule has 0 aliphatic heterocycles. The molecule has 188 valence electrons. The molecule has 0 unspecified atom stereocenters. The van der Waals surface area contributed by atoms with E-state index in [0.717, 1.165) is 16.8 Å². The van der Waals surface area contributed by atoms with Crippen LogP contribution in [0.2, 0.25) is 0 Å². The fraction of sp³-hybridized carbons (Fsp3) is 0.222. The quantitative estimate of drug-likeness (QED) is 0.193. The maximum atomic E-state index is 12.4. The minimum Gasteiger partial charge on any atom is -0.406 e. The molecule has 36 heavy (non-hydrogen) atoms. The Morgan fingerprint density at radius 3 is 2.44 bits per heavy atom. The zero-order valence-corrected chi connectivity index (χ0v) is 21.0. The Labute approximate surface area is 214 Å². The van der Waals surface area contributed by atoms with Gasteiger partial charge in [0.1, 0.15) is 5.75 Å². The number of benzene rings is 3. The van der Waals surface area contributed by atoms with E-state index in [2.05, 4.69) is 45.5 Å². The topological polar surface area (TPSA) is 58.0 Å². The number of hydrogen-bond donors (Lipinski definition) is 2. The van der Waals surface area contributed by atoms with Gasteiger partial charge in [0, 0.05) is 11.4 Å². The third kappa shape index (κ3) is 8.49. The number of aliphatic imine (C=N–C) groups is 1. The standard InChI is InChI=1S/C27H27F3N4OS/c1-18(2)24-9-4-5-10-25(24)33-26(36)34-32-17-21-13-11-20(12-14-21)16-31-19(3)22-7-6-8-23(15-22)35-27(28,29)30/h4-15,17-18H,16H2,1-3H3,(H2,33,34,36)/b31-19?,32-17+. The molecule has 0 aromatic heterocycles. The van der Waals surface area contributed by atoms with Crippen molar-refractivity contribution >= 4 is 34.9 Å². The largest absolute Gasteiger partial charge is 0.573 e. The molecule has 9 heteroatoms. The van der Waals surface area contributed by atoms with Gasteiger partial charge in [-0.15, -0.1) is 13.2 Å². The number of alkyl halides is 3. The van der Waals surface area contributed by atoms with Gasteiger partial charge >= 0.3 is 6.36 Å². The molecule has 0 aliphatic carbocycles. The molecule has 2 N–H and O–H groups in total. The highest BCUT2D eigenvalue weighted by Gasteiger charge is 2.31. The van der Waals surface area contributed by atoms with Crippen LogP contribution in [0, 0.1) is 0 Å². The number of nitrogens with zero attached hydrogens (tertiary/aromatic N) is 2. The van der Waals surface area contributed by atoms with Crippen molar-refractivity contribution in [2.24, 2.45) is 10.1 Å². The van der Waals surface area contributed by atoms with E-state index in [0.29, 0.717) is 28.9 Å².